The number of amides is 1. The van der Waals surface area contributed by atoms with E-state index >= 15 is 0 Å². The van der Waals surface area contributed by atoms with E-state index in [9.17, 15) is 13.2 Å². The van der Waals surface area contributed by atoms with Crippen molar-refractivity contribution in [2.24, 2.45) is 0 Å². The zero-order valence-corrected chi connectivity index (χ0v) is 13.3. The average molecular weight is 328 g/mol. The van der Waals surface area contributed by atoms with Gasteiger partial charge in [0.25, 0.3) is 0 Å². The Morgan fingerprint density at radius 2 is 2.05 bits per heavy atom. The largest absolute Gasteiger partial charge is 0.494 e. The highest BCUT2D eigenvalue weighted by Gasteiger charge is 2.21. The highest BCUT2D eigenvalue weighted by molar-refractivity contribution is 7.89. The Kier molecular flexibility index (Phi) is 5.62. The Morgan fingerprint density at radius 3 is 2.64 bits per heavy atom. The van der Waals surface area contributed by atoms with Crippen molar-refractivity contribution in [2.75, 3.05) is 32.8 Å². The number of hydrogen-bond donors (Lipinski definition) is 1. The van der Waals surface area contributed by atoms with Gasteiger partial charge in [0.05, 0.1) is 18.0 Å². The molecular weight excluding hydrogens is 308 g/mol. The second-order valence-electron chi connectivity index (χ2n) is 4.76. The number of nitrogens with one attached hydrogen (secondary N) is 1. The topological polar surface area (TPSA) is 84.9 Å². The first-order valence-corrected chi connectivity index (χ1v) is 8.65. The number of benzene rings is 1. The molecule has 0 radical (unpaired) electrons. The van der Waals surface area contributed by atoms with Gasteiger partial charge < -0.3 is 14.4 Å². The molecule has 1 saturated heterocycles. The summed E-state index contributed by atoms with van der Waals surface area (Å²) in [4.78, 5) is 13.0. The lowest BCUT2D eigenvalue weighted by Gasteiger charge is -2.12. The van der Waals surface area contributed by atoms with Gasteiger partial charge in [-0.05, 0) is 37.6 Å². The minimum atomic E-state index is -3.54. The molecule has 122 valence electrons. The van der Waals surface area contributed by atoms with E-state index in [0.717, 1.165) is 0 Å². The van der Waals surface area contributed by atoms with Crippen LogP contribution in [0.15, 0.2) is 29.2 Å². The third-order valence-corrected chi connectivity index (χ3v) is 4.66. The van der Waals surface area contributed by atoms with Gasteiger partial charge in [-0.3, -0.25) is 0 Å². The lowest BCUT2D eigenvalue weighted by Crippen LogP contribution is -2.30. The first-order chi connectivity index (χ1) is 10.5. The van der Waals surface area contributed by atoms with Gasteiger partial charge in [-0.2, -0.15) is 0 Å². The summed E-state index contributed by atoms with van der Waals surface area (Å²) < 4.78 is 36.8. The molecule has 0 atom stereocenters. The summed E-state index contributed by atoms with van der Waals surface area (Å²) in [5.74, 6) is 0.633. The lowest BCUT2D eigenvalue weighted by atomic mass is 10.3. The molecule has 8 heteroatoms. The maximum absolute atomic E-state index is 12.1. The Bertz CT molecular complexity index is 600. The normalized spacial score (nSPS) is 15.0. The predicted octanol–water partition coefficient (Wildman–Crippen LogP) is 1.21. The van der Waals surface area contributed by atoms with Gasteiger partial charge >= 0.3 is 6.09 Å². The van der Waals surface area contributed by atoms with Gasteiger partial charge in [-0.25, -0.2) is 17.9 Å². The highest BCUT2D eigenvalue weighted by Crippen LogP contribution is 2.15. The third-order valence-electron chi connectivity index (χ3n) is 3.19. The highest BCUT2D eigenvalue weighted by atomic mass is 32.2. The van der Waals surface area contributed by atoms with Crippen LogP contribution in [0.3, 0.4) is 0 Å². The number of carbonyl (C=O) groups is 1. The number of hydrogen-bond acceptors (Lipinski definition) is 5. The van der Waals surface area contributed by atoms with Crippen LogP contribution in [0, 0.1) is 0 Å². The number of ether oxygens (including phenoxy) is 2. The maximum Gasteiger partial charge on any atom is 0.409 e. The van der Waals surface area contributed by atoms with Crippen LogP contribution in [0.4, 0.5) is 4.79 Å². The first-order valence-electron chi connectivity index (χ1n) is 7.17. The standard InChI is InChI=1S/C14H20N2O5S/c1-2-20-12-4-6-13(7-5-12)22(18,19)15-8-3-9-16-10-11-21-14(16)17/h4-7,15H,2-3,8-11H2,1H3. The van der Waals surface area contributed by atoms with Gasteiger partial charge in [-0.1, -0.05) is 0 Å². The van der Waals surface area contributed by atoms with Crippen molar-refractivity contribution in [2.45, 2.75) is 18.2 Å². The van der Waals surface area contributed by atoms with Crippen molar-refractivity contribution in [1.29, 1.82) is 0 Å². The van der Waals surface area contributed by atoms with Crippen LogP contribution in [-0.2, 0) is 14.8 Å². The van der Waals surface area contributed by atoms with E-state index in [1.807, 2.05) is 6.92 Å². The molecule has 0 aliphatic carbocycles. The van der Waals surface area contributed by atoms with E-state index in [0.29, 0.717) is 38.5 Å². The number of carbonyl (C=O) groups excluding carboxylic acids is 1. The van der Waals surface area contributed by atoms with Crippen LogP contribution in [-0.4, -0.2) is 52.3 Å². The molecule has 0 spiro atoms. The molecule has 1 aromatic carbocycles. The monoisotopic (exact) mass is 328 g/mol. The number of rotatable bonds is 8. The number of cyclic esters (lactones) is 1. The molecule has 7 nitrogen and oxygen atoms in total. The van der Waals surface area contributed by atoms with E-state index in [1.54, 1.807) is 17.0 Å². The van der Waals surface area contributed by atoms with E-state index in [2.05, 4.69) is 4.72 Å². The smallest absolute Gasteiger partial charge is 0.409 e. The number of sulfonamides is 1. The molecule has 1 aliphatic rings. The molecule has 22 heavy (non-hydrogen) atoms. The second kappa shape index (κ2) is 7.46. The molecule has 1 aromatic rings. The molecule has 0 unspecified atom stereocenters. The molecule has 1 heterocycles. The second-order valence-corrected chi connectivity index (χ2v) is 6.52. The fourth-order valence-electron chi connectivity index (χ4n) is 2.07. The number of nitrogens with zero attached hydrogens (tertiary/aromatic N) is 1. The van der Waals surface area contributed by atoms with Crippen molar-refractivity contribution in [3.63, 3.8) is 0 Å². The molecule has 0 saturated carbocycles. The molecule has 1 amide bonds. The summed E-state index contributed by atoms with van der Waals surface area (Å²) in [6.45, 7) is 4.09. The Balaban J connectivity index is 1.81. The van der Waals surface area contributed by atoms with Crippen molar-refractivity contribution >= 4 is 16.1 Å². The summed E-state index contributed by atoms with van der Waals surface area (Å²) in [6.07, 6.45) is 0.195. The summed E-state index contributed by atoms with van der Waals surface area (Å²) >= 11 is 0. The Labute approximate surface area is 130 Å². The van der Waals surface area contributed by atoms with Crippen LogP contribution in [0.25, 0.3) is 0 Å². The van der Waals surface area contributed by atoms with Gasteiger partial charge in [0.1, 0.15) is 12.4 Å². The Hall–Kier alpha value is -1.80. The summed E-state index contributed by atoms with van der Waals surface area (Å²) in [6, 6.07) is 6.26. The summed E-state index contributed by atoms with van der Waals surface area (Å²) in [5.41, 5.74) is 0. The zero-order valence-electron chi connectivity index (χ0n) is 12.4. The van der Waals surface area contributed by atoms with Crippen molar-refractivity contribution in [3.05, 3.63) is 24.3 Å². The van der Waals surface area contributed by atoms with E-state index < -0.39 is 10.0 Å². The van der Waals surface area contributed by atoms with Crippen molar-refractivity contribution in [3.8, 4) is 5.75 Å². The molecule has 2 rings (SSSR count). The van der Waals surface area contributed by atoms with Gasteiger partial charge in [0.2, 0.25) is 10.0 Å². The van der Waals surface area contributed by atoms with Crippen molar-refractivity contribution < 1.29 is 22.7 Å². The van der Waals surface area contributed by atoms with Crippen LogP contribution in [0.2, 0.25) is 0 Å². The van der Waals surface area contributed by atoms with Crippen LogP contribution >= 0.6 is 0 Å². The molecule has 0 aromatic heterocycles. The SMILES string of the molecule is CCOc1ccc(S(=O)(=O)NCCCN2CCOC2=O)cc1. The zero-order chi connectivity index (χ0) is 16.0. The fraction of sp³-hybridized carbons (Fsp3) is 0.500. The summed E-state index contributed by atoms with van der Waals surface area (Å²) in [7, 11) is -3.54. The van der Waals surface area contributed by atoms with Gasteiger partial charge in [0.15, 0.2) is 0 Å². The van der Waals surface area contributed by atoms with E-state index in [4.69, 9.17) is 9.47 Å². The van der Waals surface area contributed by atoms with Crippen LogP contribution < -0.4 is 9.46 Å². The fourth-order valence-corrected chi connectivity index (χ4v) is 3.14. The first kappa shape index (κ1) is 16.6. The lowest BCUT2D eigenvalue weighted by molar-refractivity contribution is 0.158. The average Bonchev–Trinajstić information content (AvgIpc) is 2.90. The molecule has 0 bridgehead atoms. The minimum Gasteiger partial charge on any atom is -0.494 e. The third kappa shape index (κ3) is 4.35. The minimum absolute atomic E-state index is 0.191. The summed E-state index contributed by atoms with van der Waals surface area (Å²) in [5, 5.41) is 0. The van der Waals surface area contributed by atoms with E-state index in [-0.39, 0.29) is 17.5 Å². The van der Waals surface area contributed by atoms with Crippen LogP contribution in [0.5, 0.6) is 5.75 Å². The molecular formula is C14H20N2O5S. The quantitative estimate of drug-likeness (QED) is 0.725. The molecule has 1 aliphatic heterocycles. The maximum atomic E-state index is 12.1. The van der Waals surface area contributed by atoms with Gasteiger partial charge in [-0.15, -0.1) is 0 Å². The van der Waals surface area contributed by atoms with Gasteiger partial charge in [0, 0.05) is 13.1 Å². The predicted molar refractivity (Wildman–Crippen MR) is 80.3 cm³/mol. The molecule has 1 N–H and O–H groups in total. The van der Waals surface area contributed by atoms with Crippen LogP contribution in [0.1, 0.15) is 13.3 Å². The Morgan fingerprint density at radius 1 is 1.32 bits per heavy atom. The molecule has 1 fully saturated rings. The van der Waals surface area contributed by atoms with E-state index in [1.165, 1.54) is 12.1 Å². The van der Waals surface area contributed by atoms with Crippen molar-refractivity contribution in [1.82, 2.24) is 9.62 Å².